The molecule has 35 heavy (non-hydrogen) atoms. The molecule has 0 spiro atoms. The lowest BCUT2D eigenvalue weighted by molar-refractivity contribution is -0.137. The quantitative estimate of drug-likeness (QED) is 0.471. The minimum Gasteiger partial charge on any atom is -0.324 e. The summed E-state index contributed by atoms with van der Waals surface area (Å²) in [6, 6.07) is 23.6. The average Bonchev–Trinajstić information content (AvgIpc) is 2.86. The molecule has 0 saturated carbocycles. The summed E-state index contributed by atoms with van der Waals surface area (Å²) in [5.74, 6) is -0.340. The second-order valence-electron chi connectivity index (χ2n) is 8.53. The first-order valence-corrected chi connectivity index (χ1v) is 11.6. The van der Waals surface area contributed by atoms with Gasteiger partial charge in [-0.2, -0.15) is 13.2 Å². The molecule has 7 heteroatoms. The average molecular weight is 480 g/mol. The molecule has 1 heterocycles. The summed E-state index contributed by atoms with van der Waals surface area (Å²) in [5.41, 5.74) is 1.31. The summed E-state index contributed by atoms with van der Waals surface area (Å²) in [6.07, 6.45) is -0.230. The van der Waals surface area contributed by atoms with E-state index in [1.165, 1.54) is 12.1 Å². The summed E-state index contributed by atoms with van der Waals surface area (Å²) in [4.78, 5) is 17.7. The van der Waals surface area contributed by atoms with Gasteiger partial charge < -0.3 is 5.32 Å². The van der Waals surface area contributed by atoms with Gasteiger partial charge in [0.25, 0.3) is 0 Å². The molecule has 0 radical (unpaired) electrons. The minimum absolute atomic E-state index is 0.135. The van der Waals surface area contributed by atoms with Crippen LogP contribution in [-0.4, -0.2) is 48.4 Å². The predicted octanol–water partition coefficient (Wildman–Crippen LogP) is 5.72. The Bertz CT molecular complexity index is 1120. The first-order chi connectivity index (χ1) is 16.9. The lowest BCUT2D eigenvalue weighted by Gasteiger charge is -2.38. The van der Waals surface area contributed by atoms with E-state index in [1.54, 1.807) is 0 Å². The highest BCUT2D eigenvalue weighted by atomic mass is 19.4. The number of carbonyl (C=O) groups excluding carboxylic acids is 1. The lowest BCUT2D eigenvalue weighted by Crippen LogP contribution is -2.50. The molecule has 1 N–H and O–H groups in total. The molecule has 1 fully saturated rings. The van der Waals surface area contributed by atoms with E-state index in [4.69, 9.17) is 0 Å². The Morgan fingerprint density at radius 2 is 1.54 bits per heavy atom. The van der Waals surface area contributed by atoms with Gasteiger partial charge >= 0.3 is 6.18 Å². The van der Waals surface area contributed by atoms with E-state index in [9.17, 15) is 18.0 Å². The monoisotopic (exact) mass is 479 g/mol. The van der Waals surface area contributed by atoms with Crippen LogP contribution in [0.1, 0.15) is 22.7 Å². The van der Waals surface area contributed by atoms with E-state index in [2.05, 4.69) is 39.4 Å². The molecule has 1 atom stereocenters. The Labute approximate surface area is 203 Å². The third-order valence-corrected chi connectivity index (χ3v) is 6.07. The zero-order chi connectivity index (χ0) is 24.7. The standard InChI is InChI=1S/C28H28F3N3O/c29-28(30,31)24-14-7-15-25(21-24)32-27(35)26(23-12-5-2-6-13-23)34-19-17-33(18-20-34)16-8-11-22-9-3-1-4-10-22/h1-15,21,26H,16-20H2,(H,32,35). The normalized spacial score (nSPS) is 16.3. The molecule has 0 aliphatic carbocycles. The third-order valence-electron chi connectivity index (χ3n) is 6.07. The first-order valence-electron chi connectivity index (χ1n) is 11.6. The number of amides is 1. The maximum Gasteiger partial charge on any atom is 0.416 e. The summed E-state index contributed by atoms with van der Waals surface area (Å²) in [5, 5.41) is 2.71. The number of alkyl halides is 3. The van der Waals surface area contributed by atoms with Crippen LogP contribution in [0.4, 0.5) is 18.9 Å². The molecule has 1 aliphatic rings. The topological polar surface area (TPSA) is 35.6 Å². The fraction of sp³-hybridized carbons (Fsp3) is 0.250. The van der Waals surface area contributed by atoms with Crippen molar-refractivity contribution in [3.8, 4) is 0 Å². The Balaban J connectivity index is 1.42. The van der Waals surface area contributed by atoms with Crippen LogP contribution in [0.25, 0.3) is 6.08 Å². The number of nitrogens with zero attached hydrogens (tertiary/aromatic N) is 2. The molecule has 182 valence electrons. The Kier molecular flexibility index (Phi) is 8.00. The van der Waals surface area contributed by atoms with E-state index in [0.717, 1.165) is 42.9 Å². The van der Waals surface area contributed by atoms with Crippen molar-refractivity contribution in [2.45, 2.75) is 12.2 Å². The predicted molar refractivity (Wildman–Crippen MR) is 133 cm³/mol. The molecule has 3 aromatic carbocycles. The van der Waals surface area contributed by atoms with Crippen molar-refractivity contribution in [1.82, 2.24) is 9.80 Å². The Morgan fingerprint density at radius 3 is 2.20 bits per heavy atom. The van der Waals surface area contributed by atoms with E-state index < -0.39 is 17.8 Å². The fourth-order valence-corrected chi connectivity index (χ4v) is 4.25. The molecule has 4 nitrogen and oxygen atoms in total. The van der Waals surface area contributed by atoms with Gasteiger partial charge in [0.1, 0.15) is 6.04 Å². The smallest absolute Gasteiger partial charge is 0.324 e. The minimum atomic E-state index is -4.47. The van der Waals surface area contributed by atoms with Gasteiger partial charge in [-0.05, 0) is 29.3 Å². The van der Waals surface area contributed by atoms with Crippen LogP contribution >= 0.6 is 0 Å². The van der Waals surface area contributed by atoms with E-state index in [1.807, 2.05) is 48.5 Å². The largest absolute Gasteiger partial charge is 0.416 e. The van der Waals surface area contributed by atoms with Crippen molar-refractivity contribution in [1.29, 1.82) is 0 Å². The zero-order valence-corrected chi connectivity index (χ0v) is 19.3. The van der Waals surface area contributed by atoms with Crippen LogP contribution in [0.3, 0.4) is 0 Å². The SMILES string of the molecule is O=C(Nc1cccc(C(F)(F)F)c1)C(c1ccccc1)N1CCN(CC=Cc2ccccc2)CC1. The van der Waals surface area contributed by atoms with Gasteiger partial charge in [-0.25, -0.2) is 0 Å². The van der Waals surface area contributed by atoms with Crippen LogP contribution in [0, 0.1) is 0 Å². The summed E-state index contributed by atoms with van der Waals surface area (Å²) >= 11 is 0. The Morgan fingerprint density at radius 1 is 0.886 bits per heavy atom. The Hall–Kier alpha value is -3.42. The van der Waals surface area contributed by atoms with Gasteiger partial charge in [-0.15, -0.1) is 0 Å². The van der Waals surface area contributed by atoms with Gasteiger partial charge in [0.2, 0.25) is 5.91 Å². The number of rotatable bonds is 7. The number of piperazine rings is 1. The molecule has 0 aromatic heterocycles. The van der Waals surface area contributed by atoms with Crippen molar-refractivity contribution in [2.24, 2.45) is 0 Å². The molecule has 1 aliphatic heterocycles. The van der Waals surface area contributed by atoms with Crippen LogP contribution in [0.5, 0.6) is 0 Å². The highest BCUT2D eigenvalue weighted by Crippen LogP contribution is 2.31. The van der Waals surface area contributed by atoms with Gasteiger partial charge in [0.05, 0.1) is 5.56 Å². The van der Waals surface area contributed by atoms with Gasteiger partial charge in [-0.1, -0.05) is 78.9 Å². The zero-order valence-electron chi connectivity index (χ0n) is 19.3. The number of hydrogen-bond acceptors (Lipinski definition) is 3. The van der Waals surface area contributed by atoms with Gasteiger partial charge in [0, 0.05) is 38.4 Å². The van der Waals surface area contributed by atoms with Crippen molar-refractivity contribution in [3.05, 3.63) is 108 Å². The lowest BCUT2D eigenvalue weighted by atomic mass is 10.0. The van der Waals surface area contributed by atoms with Crippen LogP contribution in [-0.2, 0) is 11.0 Å². The number of anilines is 1. The summed E-state index contributed by atoms with van der Waals surface area (Å²) < 4.78 is 39.3. The van der Waals surface area contributed by atoms with E-state index in [-0.39, 0.29) is 11.6 Å². The highest BCUT2D eigenvalue weighted by Gasteiger charge is 2.32. The second kappa shape index (κ2) is 11.3. The van der Waals surface area contributed by atoms with Crippen molar-refractivity contribution in [2.75, 3.05) is 38.0 Å². The van der Waals surface area contributed by atoms with Crippen molar-refractivity contribution < 1.29 is 18.0 Å². The number of nitrogens with one attached hydrogen (secondary N) is 1. The molecular weight excluding hydrogens is 451 g/mol. The van der Waals surface area contributed by atoms with E-state index >= 15 is 0 Å². The molecule has 1 saturated heterocycles. The van der Waals surface area contributed by atoms with Crippen LogP contribution in [0.15, 0.2) is 91.0 Å². The maximum atomic E-state index is 13.3. The fourth-order valence-electron chi connectivity index (χ4n) is 4.25. The van der Waals surface area contributed by atoms with Gasteiger partial charge in [0.15, 0.2) is 0 Å². The number of carbonyl (C=O) groups is 1. The number of benzene rings is 3. The van der Waals surface area contributed by atoms with Crippen molar-refractivity contribution in [3.63, 3.8) is 0 Å². The third kappa shape index (κ3) is 6.81. The molecule has 4 rings (SSSR count). The van der Waals surface area contributed by atoms with Crippen LogP contribution < -0.4 is 5.32 Å². The maximum absolute atomic E-state index is 13.3. The molecule has 3 aromatic rings. The number of hydrogen-bond donors (Lipinski definition) is 1. The highest BCUT2D eigenvalue weighted by molar-refractivity contribution is 5.95. The summed E-state index contributed by atoms with van der Waals surface area (Å²) in [6.45, 7) is 3.75. The molecule has 0 bridgehead atoms. The van der Waals surface area contributed by atoms with E-state index in [0.29, 0.717) is 13.1 Å². The molecule has 1 unspecified atom stereocenters. The molecular formula is C28H28F3N3O. The van der Waals surface area contributed by atoms with Crippen molar-refractivity contribution >= 4 is 17.7 Å². The first kappa shape index (κ1) is 24.7. The van der Waals surface area contributed by atoms with Crippen LogP contribution in [0.2, 0.25) is 0 Å². The second-order valence-corrected chi connectivity index (χ2v) is 8.53. The summed E-state index contributed by atoms with van der Waals surface area (Å²) in [7, 11) is 0. The number of halogens is 3. The molecule has 1 amide bonds. The van der Waals surface area contributed by atoms with Gasteiger partial charge in [-0.3, -0.25) is 14.6 Å².